The minimum Gasteiger partial charge on any atom is -0.375 e. The van der Waals surface area contributed by atoms with Gasteiger partial charge < -0.3 is 10.1 Å². The van der Waals surface area contributed by atoms with Gasteiger partial charge in [0.25, 0.3) is 0 Å². The lowest BCUT2D eigenvalue weighted by molar-refractivity contribution is -0.0840. The first-order valence-electron chi connectivity index (χ1n) is 9.17. The van der Waals surface area contributed by atoms with Crippen LogP contribution >= 0.6 is 0 Å². The van der Waals surface area contributed by atoms with Crippen molar-refractivity contribution < 1.29 is 4.74 Å². The number of hydrogen-bond donors (Lipinski definition) is 1. The molecule has 20 heavy (non-hydrogen) atoms. The van der Waals surface area contributed by atoms with Gasteiger partial charge in [0.2, 0.25) is 0 Å². The van der Waals surface area contributed by atoms with Crippen molar-refractivity contribution in [1.29, 1.82) is 0 Å². The van der Waals surface area contributed by atoms with E-state index in [0.717, 1.165) is 24.5 Å². The average Bonchev–Trinajstić information content (AvgIpc) is 2.93. The molecule has 1 N–H and O–H groups in total. The fraction of sp³-hybridized carbons (Fsp3) is 1.00. The van der Waals surface area contributed by atoms with Gasteiger partial charge in [-0.15, -0.1) is 0 Å². The molecule has 1 aliphatic heterocycles. The molecule has 1 atom stereocenters. The highest BCUT2D eigenvalue weighted by molar-refractivity contribution is 4.93. The first-order chi connectivity index (χ1) is 9.80. The first-order valence-corrected chi connectivity index (χ1v) is 9.17. The van der Waals surface area contributed by atoms with E-state index in [2.05, 4.69) is 12.2 Å². The summed E-state index contributed by atoms with van der Waals surface area (Å²) in [5.41, 5.74) is 0.274. The van der Waals surface area contributed by atoms with Crippen molar-refractivity contribution in [2.75, 3.05) is 13.2 Å². The molecule has 3 fully saturated rings. The van der Waals surface area contributed by atoms with Crippen molar-refractivity contribution >= 4 is 0 Å². The fourth-order valence-electron chi connectivity index (χ4n) is 4.75. The van der Waals surface area contributed by atoms with Crippen molar-refractivity contribution in [3.05, 3.63) is 0 Å². The molecule has 2 nitrogen and oxygen atoms in total. The van der Waals surface area contributed by atoms with Gasteiger partial charge in [0.15, 0.2) is 0 Å². The molecule has 0 amide bonds. The highest BCUT2D eigenvalue weighted by atomic mass is 16.5. The maximum Gasteiger partial charge on any atom is 0.0697 e. The molecule has 0 radical (unpaired) electrons. The van der Waals surface area contributed by atoms with Crippen LogP contribution in [0.4, 0.5) is 0 Å². The number of rotatable bonds is 4. The molecule has 2 heteroatoms. The van der Waals surface area contributed by atoms with Crippen molar-refractivity contribution in [3.8, 4) is 0 Å². The SMILES string of the molecule is CCC1CCC(CNC2CCOC3(CCCC3)C2)CC1. The van der Waals surface area contributed by atoms with Crippen LogP contribution in [0.2, 0.25) is 0 Å². The van der Waals surface area contributed by atoms with Crippen molar-refractivity contribution in [3.63, 3.8) is 0 Å². The molecular formula is C18H33NO. The van der Waals surface area contributed by atoms with Gasteiger partial charge in [0, 0.05) is 12.6 Å². The smallest absolute Gasteiger partial charge is 0.0697 e. The Bertz CT molecular complexity index is 290. The predicted molar refractivity (Wildman–Crippen MR) is 83.9 cm³/mol. The third-order valence-electron chi connectivity index (χ3n) is 6.25. The molecule has 3 rings (SSSR count). The summed E-state index contributed by atoms with van der Waals surface area (Å²) in [7, 11) is 0. The highest BCUT2D eigenvalue weighted by Gasteiger charge is 2.39. The summed E-state index contributed by atoms with van der Waals surface area (Å²) in [5, 5.41) is 3.90. The van der Waals surface area contributed by atoms with Crippen molar-refractivity contribution in [2.45, 2.75) is 89.2 Å². The predicted octanol–water partition coefficient (Wildman–Crippen LogP) is 4.28. The standard InChI is InChI=1S/C18H33NO/c1-2-15-5-7-16(8-6-15)14-19-17-9-12-20-18(13-17)10-3-4-11-18/h15-17,19H,2-14H2,1H3. The molecule has 1 spiro atoms. The lowest BCUT2D eigenvalue weighted by Crippen LogP contribution is -2.46. The van der Waals surface area contributed by atoms with Crippen LogP contribution in [0, 0.1) is 11.8 Å². The molecule has 0 aromatic carbocycles. The molecular weight excluding hydrogens is 246 g/mol. The second kappa shape index (κ2) is 6.79. The summed E-state index contributed by atoms with van der Waals surface area (Å²) >= 11 is 0. The van der Waals surface area contributed by atoms with Crippen LogP contribution < -0.4 is 5.32 Å². The van der Waals surface area contributed by atoms with Crippen LogP contribution in [0.3, 0.4) is 0 Å². The average molecular weight is 279 g/mol. The number of hydrogen-bond acceptors (Lipinski definition) is 2. The lowest BCUT2D eigenvalue weighted by atomic mass is 9.80. The fourth-order valence-corrected chi connectivity index (χ4v) is 4.75. The number of nitrogens with one attached hydrogen (secondary N) is 1. The Balaban J connectivity index is 1.40. The largest absolute Gasteiger partial charge is 0.375 e. The zero-order chi connectivity index (χ0) is 13.8. The quantitative estimate of drug-likeness (QED) is 0.829. The first kappa shape index (κ1) is 14.8. The van der Waals surface area contributed by atoms with Crippen LogP contribution in [-0.2, 0) is 4.74 Å². The minimum absolute atomic E-state index is 0.274. The zero-order valence-electron chi connectivity index (χ0n) is 13.3. The van der Waals surface area contributed by atoms with E-state index in [1.54, 1.807) is 0 Å². The summed E-state index contributed by atoms with van der Waals surface area (Å²) in [4.78, 5) is 0. The molecule has 0 aromatic heterocycles. The molecule has 2 aliphatic carbocycles. The summed E-state index contributed by atoms with van der Waals surface area (Å²) in [6, 6.07) is 0.728. The van der Waals surface area contributed by atoms with Crippen molar-refractivity contribution in [1.82, 2.24) is 5.32 Å². The summed E-state index contributed by atoms with van der Waals surface area (Å²) in [5.74, 6) is 1.97. The van der Waals surface area contributed by atoms with Gasteiger partial charge in [-0.1, -0.05) is 39.0 Å². The van der Waals surface area contributed by atoms with Crippen LogP contribution in [0.15, 0.2) is 0 Å². The monoisotopic (exact) mass is 279 g/mol. The zero-order valence-corrected chi connectivity index (χ0v) is 13.3. The number of ether oxygens (including phenoxy) is 1. The van der Waals surface area contributed by atoms with E-state index in [0.29, 0.717) is 0 Å². The molecule has 0 aromatic rings. The molecule has 0 bridgehead atoms. The van der Waals surface area contributed by atoms with Gasteiger partial charge >= 0.3 is 0 Å². The van der Waals surface area contributed by atoms with Gasteiger partial charge in [0.1, 0.15) is 0 Å². The van der Waals surface area contributed by atoms with E-state index >= 15 is 0 Å². The van der Waals surface area contributed by atoms with Crippen LogP contribution in [-0.4, -0.2) is 24.8 Å². The molecule has 2 saturated carbocycles. The molecule has 116 valence electrons. The lowest BCUT2D eigenvalue weighted by Gasteiger charge is -2.39. The molecule has 1 heterocycles. The van der Waals surface area contributed by atoms with Gasteiger partial charge in [-0.2, -0.15) is 0 Å². The Kier molecular flexibility index (Phi) is 5.04. The highest BCUT2D eigenvalue weighted by Crippen LogP contribution is 2.40. The van der Waals surface area contributed by atoms with Gasteiger partial charge in [0.05, 0.1) is 5.60 Å². The molecule has 3 aliphatic rings. The van der Waals surface area contributed by atoms with E-state index in [1.165, 1.54) is 77.2 Å². The Morgan fingerprint density at radius 2 is 1.70 bits per heavy atom. The van der Waals surface area contributed by atoms with Gasteiger partial charge in [-0.05, 0) is 56.9 Å². The molecule has 1 unspecified atom stereocenters. The second-order valence-corrected chi connectivity index (χ2v) is 7.63. The maximum absolute atomic E-state index is 6.14. The maximum atomic E-state index is 6.14. The van der Waals surface area contributed by atoms with E-state index in [4.69, 9.17) is 4.74 Å². The second-order valence-electron chi connectivity index (χ2n) is 7.63. The van der Waals surface area contributed by atoms with Crippen molar-refractivity contribution in [2.24, 2.45) is 11.8 Å². The Labute approximate surface area is 125 Å². The minimum atomic E-state index is 0.274. The summed E-state index contributed by atoms with van der Waals surface area (Å²) in [6.45, 7) is 4.60. The van der Waals surface area contributed by atoms with Gasteiger partial charge in [-0.3, -0.25) is 0 Å². The third kappa shape index (κ3) is 3.57. The van der Waals surface area contributed by atoms with E-state index in [9.17, 15) is 0 Å². The Hall–Kier alpha value is -0.0800. The Morgan fingerprint density at radius 3 is 2.40 bits per heavy atom. The van der Waals surface area contributed by atoms with E-state index in [-0.39, 0.29) is 5.60 Å². The normalized spacial score (nSPS) is 37.4. The van der Waals surface area contributed by atoms with Crippen LogP contribution in [0.1, 0.15) is 77.6 Å². The molecule has 1 saturated heterocycles. The Morgan fingerprint density at radius 1 is 1.00 bits per heavy atom. The summed E-state index contributed by atoms with van der Waals surface area (Å²) in [6.07, 6.45) is 15.1. The van der Waals surface area contributed by atoms with E-state index in [1.807, 2.05) is 0 Å². The van der Waals surface area contributed by atoms with Crippen LogP contribution in [0.25, 0.3) is 0 Å². The van der Waals surface area contributed by atoms with Crippen LogP contribution in [0.5, 0.6) is 0 Å². The summed E-state index contributed by atoms with van der Waals surface area (Å²) < 4.78 is 6.14. The van der Waals surface area contributed by atoms with E-state index < -0.39 is 0 Å². The van der Waals surface area contributed by atoms with Gasteiger partial charge in [-0.25, -0.2) is 0 Å². The topological polar surface area (TPSA) is 21.3 Å². The third-order valence-corrected chi connectivity index (χ3v) is 6.25.